The molecule has 1 saturated heterocycles. The van der Waals surface area contributed by atoms with Crippen molar-refractivity contribution >= 4 is 24.0 Å². The number of amides is 1. The van der Waals surface area contributed by atoms with Crippen LogP contribution >= 0.6 is 12.4 Å². The van der Waals surface area contributed by atoms with E-state index in [0.717, 1.165) is 36.7 Å². The van der Waals surface area contributed by atoms with E-state index in [9.17, 15) is 4.79 Å². The van der Waals surface area contributed by atoms with Gasteiger partial charge in [-0.3, -0.25) is 9.69 Å². The van der Waals surface area contributed by atoms with Gasteiger partial charge in [-0.15, -0.1) is 12.4 Å². The molecule has 4 rings (SSSR count). The van der Waals surface area contributed by atoms with Crippen molar-refractivity contribution in [3.63, 3.8) is 0 Å². The van der Waals surface area contributed by atoms with Crippen LogP contribution in [0.15, 0.2) is 73.1 Å². The number of hydrogen-bond donors (Lipinski definition) is 1. The molecule has 2 aromatic carbocycles. The molecule has 0 radical (unpaired) electrons. The minimum Gasteiger partial charge on any atom is -0.337 e. The number of hydrogen-bond acceptors (Lipinski definition) is 4. The van der Waals surface area contributed by atoms with Crippen LogP contribution in [-0.4, -0.2) is 46.5 Å². The number of nitrogens with zero attached hydrogens (tertiary/aromatic N) is 4. The number of halogens is 1. The summed E-state index contributed by atoms with van der Waals surface area (Å²) in [5.41, 5.74) is 2.04. The van der Waals surface area contributed by atoms with Gasteiger partial charge in [-0.2, -0.15) is 0 Å². The smallest absolute Gasteiger partial charge is 0.241 e. The molecule has 1 aromatic heterocycles. The molecule has 6 nitrogen and oxygen atoms in total. The number of aryl methyl sites for hydroxylation is 1. The lowest BCUT2D eigenvalue weighted by molar-refractivity contribution is -0.120. The molecule has 2 heterocycles. The minimum atomic E-state index is 0. The first kappa shape index (κ1) is 22.0. The van der Waals surface area contributed by atoms with Gasteiger partial charge in [-0.05, 0) is 17.7 Å². The minimum absolute atomic E-state index is 0. The van der Waals surface area contributed by atoms with Crippen molar-refractivity contribution in [2.45, 2.75) is 12.6 Å². The fourth-order valence-corrected chi connectivity index (χ4v) is 3.84. The van der Waals surface area contributed by atoms with Crippen molar-refractivity contribution in [1.82, 2.24) is 19.8 Å². The summed E-state index contributed by atoms with van der Waals surface area (Å²) in [5, 5.41) is 3.43. The zero-order valence-corrected chi connectivity index (χ0v) is 18.0. The van der Waals surface area contributed by atoms with Gasteiger partial charge in [0, 0.05) is 44.8 Å². The average Bonchev–Trinajstić information content (AvgIpc) is 3.19. The summed E-state index contributed by atoms with van der Waals surface area (Å²) in [7, 11) is 2.00. The lowest BCUT2D eigenvalue weighted by Crippen LogP contribution is -2.50. The lowest BCUT2D eigenvalue weighted by atomic mass is 10.1. The zero-order valence-electron chi connectivity index (χ0n) is 17.1. The van der Waals surface area contributed by atoms with E-state index in [1.54, 1.807) is 0 Å². The van der Waals surface area contributed by atoms with Crippen LogP contribution in [0.25, 0.3) is 0 Å². The Balaban J connectivity index is 0.00000256. The molecule has 7 heteroatoms. The largest absolute Gasteiger partial charge is 0.337 e. The normalized spacial score (nSPS) is 16.6. The van der Waals surface area contributed by atoms with E-state index in [1.165, 1.54) is 0 Å². The van der Waals surface area contributed by atoms with Gasteiger partial charge < -0.3 is 14.8 Å². The SMILES string of the molecule is Cl.Cn1ccnc1C1CNCCN1CC(=O)N(Cc1ccccc1)c1ccccc1. The Labute approximate surface area is 183 Å². The molecule has 0 saturated carbocycles. The summed E-state index contributed by atoms with van der Waals surface area (Å²) >= 11 is 0. The van der Waals surface area contributed by atoms with Crippen LogP contribution in [0.4, 0.5) is 5.69 Å². The third-order valence-corrected chi connectivity index (χ3v) is 5.40. The van der Waals surface area contributed by atoms with Crippen molar-refractivity contribution in [3.8, 4) is 0 Å². The van der Waals surface area contributed by atoms with Gasteiger partial charge in [0.15, 0.2) is 0 Å². The highest BCUT2D eigenvalue weighted by Gasteiger charge is 2.30. The highest BCUT2D eigenvalue weighted by Crippen LogP contribution is 2.22. The van der Waals surface area contributed by atoms with E-state index < -0.39 is 0 Å². The number of benzene rings is 2. The molecule has 158 valence electrons. The van der Waals surface area contributed by atoms with Gasteiger partial charge in [-0.25, -0.2) is 4.98 Å². The fourth-order valence-electron chi connectivity index (χ4n) is 3.84. The molecule has 1 atom stereocenters. The van der Waals surface area contributed by atoms with Gasteiger partial charge in [-0.1, -0.05) is 48.5 Å². The molecule has 1 unspecified atom stereocenters. The summed E-state index contributed by atoms with van der Waals surface area (Å²) in [6.45, 7) is 3.40. The van der Waals surface area contributed by atoms with Gasteiger partial charge in [0.1, 0.15) is 5.82 Å². The third-order valence-electron chi connectivity index (χ3n) is 5.40. The van der Waals surface area contributed by atoms with E-state index in [-0.39, 0.29) is 24.4 Å². The van der Waals surface area contributed by atoms with Crippen molar-refractivity contribution in [1.29, 1.82) is 0 Å². The number of carbonyl (C=O) groups excluding carboxylic acids is 1. The number of nitrogens with one attached hydrogen (secondary N) is 1. The lowest BCUT2D eigenvalue weighted by Gasteiger charge is -2.36. The van der Waals surface area contributed by atoms with Crippen LogP contribution in [0.3, 0.4) is 0 Å². The van der Waals surface area contributed by atoms with Crippen LogP contribution in [0.2, 0.25) is 0 Å². The number of aromatic nitrogens is 2. The third kappa shape index (κ3) is 5.08. The molecule has 1 fully saturated rings. The highest BCUT2D eigenvalue weighted by molar-refractivity contribution is 5.94. The first-order valence-electron chi connectivity index (χ1n) is 10.0. The second kappa shape index (κ2) is 10.4. The fraction of sp³-hybridized carbons (Fsp3) is 0.304. The van der Waals surface area contributed by atoms with Crippen LogP contribution in [0.1, 0.15) is 17.4 Å². The van der Waals surface area contributed by atoms with E-state index in [1.807, 2.05) is 77.4 Å². The van der Waals surface area contributed by atoms with E-state index >= 15 is 0 Å². The van der Waals surface area contributed by atoms with Gasteiger partial charge in [0.2, 0.25) is 5.91 Å². The van der Waals surface area contributed by atoms with E-state index in [2.05, 4.69) is 27.3 Å². The molecular formula is C23H28ClN5O. The topological polar surface area (TPSA) is 53.4 Å². The predicted molar refractivity (Wildman–Crippen MR) is 122 cm³/mol. The Kier molecular flexibility index (Phi) is 7.63. The van der Waals surface area contributed by atoms with Crippen molar-refractivity contribution in [2.24, 2.45) is 7.05 Å². The maximum atomic E-state index is 13.5. The Hall–Kier alpha value is -2.67. The second-order valence-electron chi connectivity index (χ2n) is 7.39. The zero-order chi connectivity index (χ0) is 20.1. The molecule has 1 amide bonds. The number of para-hydroxylation sites is 1. The molecular weight excluding hydrogens is 398 g/mol. The van der Waals surface area contributed by atoms with E-state index in [4.69, 9.17) is 0 Å². The number of imidazole rings is 1. The van der Waals surface area contributed by atoms with Crippen LogP contribution < -0.4 is 10.2 Å². The molecule has 1 N–H and O–H groups in total. The Bertz CT molecular complexity index is 931. The number of piperazine rings is 1. The molecule has 0 spiro atoms. The molecule has 1 aliphatic heterocycles. The van der Waals surface area contributed by atoms with Crippen molar-refractivity contribution in [3.05, 3.63) is 84.4 Å². The predicted octanol–water partition coefficient (Wildman–Crippen LogP) is 3.02. The summed E-state index contributed by atoms with van der Waals surface area (Å²) in [4.78, 5) is 22.1. The number of carbonyl (C=O) groups is 1. The van der Waals surface area contributed by atoms with Crippen LogP contribution in [0.5, 0.6) is 0 Å². The summed E-state index contributed by atoms with van der Waals surface area (Å²) in [6.07, 6.45) is 3.77. The summed E-state index contributed by atoms with van der Waals surface area (Å²) < 4.78 is 2.04. The first-order chi connectivity index (χ1) is 14.2. The standard InChI is InChI=1S/C23H27N5O.ClH/c1-26-14-13-25-23(26)21-16-24-12-15-27(21)18-22(29)28(20-10-6-3-7-11-20)17-19-8-4-2-5-9-19;/h2-11,13-14,21,24H,12,15-18H2,1H3;1H. The molecule has 3 aromatic rings. The van der Waals surface area contributed by atoms with E-state index in [0.29, 0.717) is 13.1 Å². The van der Waals surface area contributed by atoms with Gasteiger partial charge in [0.25, 0.3) is 0 Å². The summed E-state index contributed by atoms with van der Waals surface area (Å²) in [6, 6.07) is 20.1. The van der Waals surface area contributed by atoms with Crippen LogP contribution in [0, 0.1) is 0 Å². The monoisotopic (exact) mass is 425 g/mol. The first-order valence-corrected chi connectivity index (χ1v) is 10.0. The Morgan fingerprint density at radius 2 is 1.83 bits per heavy atom. The molecule has 0 bridgehead atoms. The molecule has 0 aliphatic carbocycles. The second-order valence-corrected chi connectivity index (χ2v) is 7.39. The van der Waals surface area contributed by atoms with Gasteiger partial charge >= 0.3 is 0 Å². The molecule has 1 aliphatic rings. The Morgan fingerprint density at radius 1 is 1.13 bits per heavy atom. The number of rotatable bonds is 6. The molecule has 30 heavy (non-hydrogen) atoms. The van der Waals surface area contributed by atoms with Crippen LogP contribution in [-0.2, 0) is 18.4 Å². The number of anilines is 1. The van der Waals surface area contributed by atoms with Gasteiger partial charge in [0.05, 0.1) is 19.1 Å². The van der Waals surface area contributed by atoms with Crippen molar-refractivity contribution in [2.75, 3.05) is 31.1 Å². The quantitative estimate of drug-likeness (QED) is 0.659. The highest BCUT2D eigenvalue weighted by atomic mass is 35.5. The maximum absolute atomic E-state index is 13.5. The maximum Gasteiger partial charge on any atom is 0.241 e. The summed E-state index contributed by atoms with van der Waals surface area (Å²) in [5.74, 6) is 1.08. The van der Waals surface area contributed by atoms with Crippen molar-refractivity contribution < 1.29 is 4.79 Å². The average molecular weight is 426 g/mol. The Morgan fingerprint density at radius 3 is 2.50 bits per heavy atom.